The highest BCUT2D eigenvalue weighted by Crippen LogP contribution is 2.61. The number of hydrogen-bond acceptors (Lipinski definition) is 7. The van der Waals surface area contributed by atoms with Crippen LogP contribution in [0.3, 0.4) is 0 Å². The van der Waals surface area contributed by atoms with Gasteiger partial charge in [0.05, 0.1) is 47.3 Å². The number of para-hydroxylation sites is 1. The number of hydrogen-bond donors (Lipinski definition) is 2. The van der Waals surface area contributed by atoms with Crippen molar-refractivity contribution in [2.24, 2.45) is 17.8 Å². The number of aryl methyl sites for hydroxylation is 1. The molecule has 3 amide bonds. The van der Waals surface area contributed by atoms with Gasteiger partial charge in [0.15, 0.2) is 0 Å². The topological polar surface area (TPSA) is 125 Å². The van der Waals surface area contributed by atoms with Crippen LogP contribution < -0.4 is 10.2 Å². The van der Waals surface area contributed by atoms with Crippen LogP contribution >= 0.6 is 27.5 Å². The molecule has 3 fully saturated rings. The van der Waals surface area contributed by atoms with Gasteiger partial charge in [-0.15, -0.1) is 13.2 Å². The number of amides is 3. The van der Waals surface area contributed by atoms with E-state index in [0.29, 0.717) is 29.1 Å². The molecule has 5 rings (SSSR count). The second-order valence-corrected chi connectivity index (χ2v) is 16.1. The molecule has 1 unspecified atom stereocenters. The van der Waals surface area contributed by atoms with E-state index in [1.807, 2.05) is 57.2 Å². The number of benzene rings is 2. The smallest absolute Gasteiger partial charge is 0.313 e. The average Bonchev–Trinajstić information content (AvgIpc) is 3.71. The summed E-state index contributed by atoms with van der Waals surface area (Å²) in [7, 11) is 0. The number of allylic oxidation sites excluding steroid dienone is 1. The van der Waals surface area contributed by atoms with E-state index in [0.717, 1.165) is 5.56 Å². The molecule has 10 nitrogen and oxygen atoms in total. The zero-order valence-electron chi connectivity index (χ0n) is 30.2. The van der Waals surface area contributed by atoms with Gasteiger partial charge in [0.2, 0.25) is 11.8 Å². The van der Waals surface area contributed by atoms with Gasteiger partial charge in [-0.1, -0.05) is 96.0 Å². The van der Waals surface area contributed by atoms with Gasteiger partial charge >= 0.3 is 5.97 Å². The molecule has 3 saturated heterocycles. The molecule has 0 saturated carbocycles. The number of ether oxygens (including phenoxy) is 2. The number of aliphatic hydroxyl groups excluding tert-OH is 1. The van der Waals surface area contributed by atoms with Crippen molar-refractivity contribution in [1.29, 1.82) is 0 Å². The SMILES string of the molecule is C=CCCC(=O)N[C@@H](C)[C@H](OC(=O)[C@@H]1[C@H]2O[C@@]3(CC2Br)[C@H](C(=O)N(CC=C)c2c(C)cccc2Cl)N([C@@H](CO)CC(C)C)C(=O)[C@@H]13)c1ccccc1. The molecular formula is C40H49BrClN3O7. The predicted molar refractivity (Wildman–Crippen MR) is 204 cm³/mol. The van der Waals surface area contributed by atoms with Crippen LogP contribution in [0.2, 0.25) is 5.02 Å². The average molecular weight is 799 g/mol. The molecule has 280 valence electrons. The Hall–Kier alpha value is -3.51. The van der Waals surface area contributed by atoms with Crippen LogP contribution in [0.1, 0.15) is 63.7 Å². The molecular weight excluding hydrogens is 750 g/mol. The van der Waals surface area contributed by atoms with Crippen LogP contribution in [0, 0.1) is 24.7 Å². The standard InChI is InChI=1S/C40H49BrClN3O7/c1-7-9-18-30(47)43-25(6)34(26-15-11-10-12-16-26)51-39(50)31-32-37(48)45(27(22-46)20-23(3)4)36(40(32)21-28(41)35(31)52-40)38(49)44(19-8-2)33-24(5)14-13-17-29(33)42/h7-8,10-17,23,25,27-28,31-32,34-36,46H,1-2,9,18-22H2,3-6H3,(H,43,47)/t25-,27+,28?,31-,32+,34-,35-,36-,40+/m0/s1. The summed E-state index contributed by atoms with van der Waals surface area (Å²) in [6.45, 7) is 14.9. The summed E-state index contributed by atoms with van der Waals surface area (Å²) in [5.74, 6) is -3.84. The van der Waals surface area contributed by atoms with E-state index in [1.54, 1.807) is 31.2 Å². The molecule has 52 heavy (non-hydrogen) atoms. The quantitative estimate of drug-likeness (QED) is 0.120. The fraction of sp³-hybridized carbons (Fsp3) is 0.500. The molecule has 2 bridgehead atoms. The van der Waals surface area contributed by atoms with Gasteiger partial charge < -0.3 is 29.7 Å². The Morgan fingerprint density at radius 2 is 1.87 bits per heavy atom. The van der Waals surface area contributed by atoms with Crippen molar-refractivity contribution >= 4 is 56.9 Å². The van der Waals surface area contributed by atoms with E-state index in [2.05, 4.69) is 34.4 Å². The van der Waals surface area contributed by atoms with Crippen molar-refractivity contribution < 1.29 is 33.8 Å². The molecule has 1 spiro atoms. The van der Waals surface area contributed by atoms with Crippen molar-refractivity contribution in [3.8, 4) is 0 Å². The van der Waals surface area contributed by atoms with Crippen LogP contribution in [-0.2, 0) is 28.7 Å². The first kappa shape index (κ1) is 39.7. The van der Waals surface area contributed by atoms with Crippen LogP contribution in [0.25, 0.3) is 0 Å². The Balaban J connectivity index is 1.57. The molecule has 3 aliphatic rings. The molecule has 9 atom stereocenters. The highest BCUT2D eigenvalue weighted by Gasteiger charge is 2.77. The number of halogens is 2. The van der Waals surface area contributed by atoms with E-state index in [-0.39, 0.29) is 36.0 Å². The number of fused-ring (bicyclic) bond motifs is 1. The number of nitrogens with zero attached hydrogens (tertiary/aromatic N) is 2. The van der Waals surface area contributed by atoms with Gasteiger partial charge in [0.1, 0.15) is 17.7 Å². The summed E-state index contributed by atoms with van der Waals surface area (Å²) in [6, 6.07) is 11.9. The molecule has 3 aliphatic heterocycles. The highest BCUT2D eigenvalue weighted by atomic mass is 79.9. The van der Waals surface area contributed by atoms with E-state index in [4.69, 9.17) is 21.1 Å². The van der Waals surface area contributed by atoms with E-state index in [1.165, 1.54) is 9.80 Å². The number of likely N-dealkylation sites (tertiary alicyclic amines) is 1. The highest BCUT2D eigenvalue weighted by molar-refractivity contribution is 9.09. The Morgan fingerprint density at radius 3 is 2.48 bits per heavy atom. The molecule has 2 N–H and O–H groups in total. The number of alkyl halides is 1. The lowest BCUT2D eigenvalue weighted by Gasteiger charge is -2.40. The van der Waals surface area contributed by atoms with Gasteiger partial charge in [0.25, 0.3) is 5.91 Å². The Labute approximate surface area is 319 Å². The number of nitrogens with one attached hydrogen (secondary N) is 1. The van der Waals surface area contributed by atoms with Crippen molar-refractivity contribution in [2.75, 3.05) is 18.1 Å². The lowest BCUT2D eigenvalue weighted by Crippen LogP contribution is -2.59. The molecule has 0 radical (unpaired) electrons. The largest absolute Gasteiger partial charge is 0.455 e. The zero-order chi connectivity index (χ0) is 37.9. The second-order valence-electron chi connectivity index (χ2n) is 14.5. The third kappa shape index (κ3) is 7.47. The minimum Gasteiger partial charge on any atom is -0.455 e. The fourth-order valence-corrected chi connectivity index (χ4v) is 9.57. The first-order chi connectivity index (χ1) is 24.8. The number of carbonyl (C=O) groups excluding carboxylic acids is 4. The minimum atomic E-state index is -1.41. The third-order valence-corrected chi connectivity index (χ3v) is 11.6. The lowest BCUT2D eigenvalue weighted by atomic mass is 9.70. The Bertz CT molecular complexity index is 1650. The van der Waals surface area contributed by atoms with Gasteiger partial charge in [-0.2, -0.15) is 0 Å². The Morgan fingerprint density at radius 1 is 1.15 bits per heavy atom. The lowest BCUT2D eigenvalue weighted by molar-refractivity contribution is -0.162. The normalized spacial score (nSPS) is 26.4. The van der Waals surface area contributed by atoms with E-state index in [9.17, 15) is 19.5 Å². The van der Waals surface area contributed by atoms with Gasteiger partial charge in [0, 0.05) is 17.8 Å². The summed E-state index contributed by atoms with van der Waals surface area (Å²) < 4.78 is 13.1. The maximum atomic E-state index is 15.1. The first-order valence-corrected chi connectivity index (χ1v) is 19.2. The van der Waals surface area contributed by atoms with Crippen molar-refractivity contribution in [2.45, 2.75) is 94.1 Å². The first-order valence-electron chi connectivity index (χ1n) is 17.9. The van der Waals surface area contributed by atoms with Crippen LogP contribution in [0.4, 0.5) is 5.69 Å². The zero-order valence-corrected chi connectivity index (χ0v) is 32.5. The maximum absolute atomic E-state index is 15.1. The van der Waals surface area contributed by atoms with Gasteiger partial charge in [-0.25, -0.2) is 0 Å². The predicted octanol–water partition coefficient (Wildman–Crippen LogP) is 6.08. The number of esters is 1. The number of anilines is 1. The third-order valence-electron chi connectivity index (χ3n) is 10.4. The monoisotopic (exact) mass is 797 g/mol. The number of rotatable bonds is 16. The van der Waals surface area contributed by atoms with Crippen molar-refractivity contribution in [3.05, 3.63) is 90.0 Å². The summed E-state index contributed by atoms with van der Waals surface area (Å²) in [5.41, 5.74) is 0.492. The minimum absolute atomic E-state index is 0.0745. The van der Waals surface area contributed by atoms with Crippen molar-refractivity contribution in [1.82, 2.24) is 10.2 Å². The van der Waals surface area contributed by atoms with Crippen molar-refractivity contribution in [3.63, 3.8) is 0 Å². The molecule has 3 heterocycles. The second kappa shape index (κ2) is 16.7. The maximum Gasteiger partial charge on any atom is 0.313 e. The summed E-state index contributed by atoms with van der Waals surface area (Å²) in [4.78, 5) is 59.9. The molecule has 12 heteroatoms. The number of carbonyl (C=O) groups is 4. The van der Waals surface area contributed by atoms with Crippen LogP contribution in [0.5, 0.6) is 0 Å². The summed E-state index contributed by atoms with van der Waals surface area (Å²) in [6.07, 6.45) is 3.01. The van der Waals surface area contributed by atoms with Gasteiger partial charge in [-0.05, 0) is 56.2 Å². The number of aliphatic hydroxyl groups is 1. The molecule has 2 aromatic rings. The summed E-state index contributed by atoms with van der Waals surface area (Å²) >= 11 is 10.5. The van der Waals surface area contributed by atoms with Crippen LogP contribution in [0.15, 0.2) is 73.8 Å². The summed E-state index contributed by atoms with van der Waals surface area (Å²) in [5, 5.41) is 14.1. The fourth-order valence-electron chi connectivity index (χ4n) is 8.30. The molecule has 0 aliphatic carbocycles. The van der Waals surface area contributed by atoms with Gasteiger partial charge in [-0.3, -0.25) is 19.2 Å². The van der Waals surface area contributed by atoms with Crippen LogP contribution in [-0.4, -0.2) is 81.5 Å². The molecule has 2 aromatic carbocycles. The molecule has 0 aromatic heterocycles. The van der Waals surface area contributed by atoms with E-state index >= 15 is 4.79 Å². The Kier molecular flexibility index (Phi) is 12.7. The van der Waals surface area contributed by atoms with E-state index < -0.39 is 72.2 Å².